The first-order valence-electron chi connectivity index (χ1n) is 6.48. The van der Waals surface area contributed by atoms with Crippen molar-refractivity contribution in [2.24, 2.45) is 0 Å². The summed E-state index contributed by atoms with van der Waals surface area (Å²) in [5.74, 6) is 0.320. The summed E-state index contributed by atoms with van der Waals surface area (Å²) in [6, 6.07) is 0.601. The van der Waals surface area contributed by atoms with Gasteiger partial charge in [-0.1, -0.05) is 6.92 Å². The highest BCUT2D eigenvalue weighted by Crippen LogP contribution is 2.13. The average molecular weight is 225 g/mol. The first-order chi connectivity index (χ1) is 7.72. The molecule has 2 saturated heterocycles. The lowest BCUT2D eigenvalue weighted by atomic mass is 10.1. The maximum Gasteiger partial charge on any atom is 0.239 e. The van der Waals surface area contributed by atoms with Crippen LogP contribution in [0.5, 0.6) is 0 Å². The molecule has 2 aliphatic heterocycles. The van der Waals surface area contributed by atoms with Crippen LogP contribution in [-0.2, 0) is 4.79 Å². The molecule has 2 heterocycles. The minimum Gasteiger partial charge on any atom is -0.339 e. The van der Waals surface area contributed by atoms with Gasteiger partial charge in [0.25, 0.3) is 0 Å². The predicted molar refractivity (Wildman–Crippen MR) is 64.3 cm³/mol. The van der Waals surface area contributed by atoms with Gasteiger partial charge in [-0.05, 0) is 32.9 Å². The second kappa shape index (κ2) is 5.15. The predicted octanol–water partition coefficient (Wildman–Crippen LogP) is 0.291. The van der Waals surface area contributed by atoms with Gasteiger partial charge in [0.2, 0.25) is 5.91 Å². The smallest absolute Gasteiger partial charge is 0.239 e. The summed E-state index contributed by atoms with van der Waals surface area (Å²) in [7, 11) is 0. The van der Waals surface area contributed by atoms with Crippen molar-refractivity contribution in [2.75, 3.05) is 32.7 Å². The van der Waals surface area contributed by atoms with Gasteiger partial charge < -0.3 is 10.2 Å². The van der Waals surface area contributed by atoms with E-state index in [4.69, 9.17) is 0 Å². The van der Waals surface area contributed by atoms with Crippen molar-refractivity contribution < 1.29 is 4.79 Å². The Bertz CT molecular complexity index is 251. The van der Waals surface area contributed by atoms with E-state index in [-0.39, 0.29) is 6.04 Å². The Morgan fingerprint density at radius 3 is 2.81 bits per heavy atom. The molecule has 0 saturated carbocycles. The molecule has 1 N–H and O–H groups in total. The van der Waals surface area contributed by atoms with Gasteiger partial charge in [-0.3, -0.25) is 9.69 Å². The van der Waals surface area contributed by atoms with Crippen molar-refractivity contribution in [3.63, 3.8) is 0 Å². The Labute approximate surface area is 98.0 Å². The third kappa shape index (κ3) is 2.38. The van der Waals surface area contributed by atoms with Crippen LogP contribution in [0.3, 0.4) is 0 Å². The van der Waals surface area contributed by atoms with Gasteiger partial charge >= 0.3 is 0 Å². The molecular formula is C12H23N3O. The highest BCUT2D eigenvalue weighted by molar-refractivity contribution is 5.82. The quantitative estimate of drug-likeness (QED) is 0.734. The maximum absolute atomic E-state index is 12.2. The van der Waals surface area contributed by atoms with Gasteiger partial charge in [0.05, 0.1) is 6.04 Å². The van der Waals surface area contributed by atoms with Crippen LogP contribution in [-0.4, -0.2) is 60.5 Å². The van der Waals surface area contributed by atoms with Crippen LogP contribution in [0, 0.1) is 0 Å². The lowest BCUT2D eigenvalue weighted by molar-refractivity contribution is -0.135. The summed E-state index contributed by atoms with van der Waals surface area (Å²) in [6.45, 7) is 9.31. The number of carbonyl (C=O) groups excluding carboxylic acids is 1. The zero-order valence-electron chi connectivity index (χ0n) is 10.4. The van der Waals surface area contributed by atoms with Crippen LogP contribution in [0.2, 0.25) is 0 Å². The van der Waals surface area contributed by atoms with Crippen molar-refractivity contribution in [1.29, 1.82) is 0 Å². The Morgan fingerprint density at radius 2 is 2.25 bits per heavy atom. The molecule has 16 heavy (non-hydrogen) atoms. The fourth-order valence-corrected chi connectivity index (χ4v) is 2.78. The molecule has 0 aromatic rings. The minimum atomic E-state index is 0.0976. The molecule has 92 valence electrons. The first kappa shape index (κ1) is 11.9. The molecule has 1 amide bonds. The Balaban J connectivity index is 1.88. The number of piperazine rings is 1. The van der Waals surface area contributed by atoms with Crippen LogP contribution in [0.1, 0.15) is 26.7 Å². The fraction of sp³-hybridized carbons (Fsp3) is 0.917. The Morgan fingerprint density at radius 1 is 1.44 bits per heavy atom. The van der Waals surface area contributed by atoms with Crippen molar-refractivity contribution in [3.8, 4) is 0 Å². The number of carbonyl (C=O) groups is 1. The minimum absolute atomic E-state index is 0.0976. The van der Waals surface area contributed by atoms with E-state index in [1.54, 1.807) is 0 Å². The van der Waals surface area contributed by atoms with Gasteiger partial charge in [0.15, 0.2) is 0 Å². The second-order valence-electron chi connectivity index (χ2n) is 4.91. The van der Waals surface area contributed by atoms with Crippen LogP contribution >= 0.6 is 0 Å². The summed E-state index contributed by atoms with van der Waals surface area (Å²) in [4.78, 5) is 16.7. The third-order valence-electron chi connectivity index (χ3n) is 3.84. The molecule has 0 spiro atoms. The molecule has 0 bridgehead atoms. The second-order valence-corrected chi connectivity index (χ2v) is 4.91. The normalized spacial score (nSPS) is 32.0. The molecule has 4 nitrogen and oxygen atoms in total. The number of amides is 1. The van der Waals surface area contributed by atoms with Crippen molar-refractivity contribution in [3.05, 3.63) is 0 Å². The van der Waals surface area contributed by atoms with Crippen molar-refractivity contribution in [1.82, 2.24) is 15.1 Å². The molecule has 2 aliphatic rings. The van der Waals surface area contributed by atoms with E-state index < -0.39 is 0 Å². The van der Waals surface area contributed by atoms with E-state index in [0.29, 0.717) is 11.9 Å². The van der Waals surface area contributed by atoms with E-state index in [1.807, 2.05) is 4.90 Å². The van der Waals surface area contributed by atoms with Crippen LogP contribution in [0.15, 0.2) is 0 Å². The van der Waals surface area contributed by atoms with Gasteiger partial charge in [0, 0.05) is 25.7 Å². The number of hydrogen-bond acceptors (Lipinski definition) is 3. The number of nitrogens with zero attached hydrogens (tertiary/aromatic N) is 2. The summed E-state index contributed by atoms with van der Waals surface area (Å²) >= 11 is 0. The van der Waals surface area contributed by atoms with E-state index in [1.165, 1.54) is 0 Å². The number of nitrogens with one attached hydrogen (secondary N) is 1. The van der Waals surface area contributed by atoms with E-state index in [0.717, 1.165) is 45.6 Å². The van der Waals surface area contributed by atoms with Crippen molar-refractivity contribution >= 4 is 5.91 Å². The summed E-state index contributed by atoms with van der Waals surface area (Å²) in [5.41, 5.74) is 0. The molecule has 0 radical (unpaired) electrons. The molecule has 2 atom stereocenters. The summed E-state index contributed by atoms with van der Waals surface area (Å²) in [5, 5.41) is 3.29. The average Bonchev–Trinajstić information content (AvgIpc) is 2.81. The van der Waals surface area contributed by atoms with Crippen LogP contribution in [0.4, 0.5) is 0 Å². The molecular weight excluding hydrogens is 202 g/mol. The van der Waals surface area contributed by atoms with Gasteiger partial charge in [-0.25, -0.2) is 0 Å². The Hall–Kier alpha value is -0.610. The monoisotopic (exact) mass is 225 g/mol. The first-order valence-corrected chi connectivity index (χ1v) is 6.48. The van der Waals surface area contributed by atoms with Crippen molar-refractivity contribution in [2.45, 2.75) is 38.8 Å². The van der Waals surface area contributed by atoms with E-state index in [2.05, 4.69) is 24.1 Å². The van der Waals surface area contributed by atoms with Gasteiger partial charge in [0.1, 0.15) is 0 Å². The highest BCUT2D eigenvalue weighted by Gasteiger charge is 2.31. The highest BCUT2D eigenvalue weighted by atomic mass is 16.2. The van der Waals surface area contributed by atoms with Gasteiger partial charge in [-0.15, -0.1) is 0 Å². The maximum atomic E-state index is 12.2. The van der Waals surface area contributed by atoms with E-state index >= 15 is 0 Å². The van der Waals surface area contributed by atoms with E-state index in [9.17, 15) is 4.79 Å². The third-order valence-corrected chi connectivity index (χ3v) is 3.84. The topological polar surface area (TPSA) is 35.6 Å². The number of hydrogen-bond donors (Lipinski definition) is 1. The molecule has 1 unspecified atom stereocenters. The lowest BCUT2D eigenvalue weighted by Crippen LogP contribution is -2.56. The molecule has 2 rings (SSSR count). The number of rotatable bonds is 2. The zero-order chi connectivity index (χ0) is 11.5. The zero-order valence-corrected chi connectivity index (χ0v) is 10.4. The molecule has 0 aliphatic carbocycles. The van der Waals surface area contributed by atoms with Crippen LogP contribution in [0.25, 0.3) is 0 Å². The van der Waals surface area contributed by atoms with Gasteiger partial charge in [-0.2, -0.15) is 0 Å². The molecule has 4 heteroatoms. The Kier molecular flexibility index (Phi) is 3.82. The standard InChI is InChI=1S/C12H23N3O/c1-3-14-7-8-15(9-10(14)2)12(16)11-5-4-6-13-11/h10-11,13H,3-9H2,1-2H3/t10?,11-/m1/s1. The lowest BCUT2D eigenvalue weighted by Gasteiger charge is -2.40. The molecule has 2 fully saturated rings. The number of likely N-dealkylation sites (N-methyl/N-ethyl adjacent to an activating group) is 1. The molecule has 0 aromatic heterocycles. The largest absolute Gasteiger partial charge is 0.339 e. The SMILES string of the molecule is CCN1CCN(C(=O)[C@H]2CCCN2)CC1C. The fourth-order valence-electron chi connectivity index (χ4n) is 2.78. The summed E-state index contributed by atoms with van der Waals surface area (Å²) in [6.07, 6.45) is 2.15. The summed E-state index contributed by atoms with van der Waals surface area (Å²) < 4.78 is 0. The van der Waals surface area contributed by atoms with Crippen LogP contribution < -0.4 is 5.32 Å². The molecule has 0 aromatic carbocycles.